The molecule has 18 heavy (non-hydrogen) atoms. The van der Waals surface area contributed by atoms with Crippen LogP contribution in [0.1, 0.15) is 30.4 Å². The monoisotopic (exact) mass is 244 g/mol. The molecule has 0 radical (unpaired) electrons. The molecular formula is C11H12N6O. The Morgan fingerprint density at radius 3 is 3.00 bits per heavy atom. The third kappa shape index (κ3) is 1.74. The fourth-order valence-electron chi connectivity index (χ4n) is 2.05. The second-order valence-corrected chi connectivity index (χ2v) is 4.17. The van der Waals surface area contributed by atoms with Gasteiger partial charge in [-0.05, 0) is 13.0 Å². The van der Waals surface area contributed by atoms with E-state index in [9.17, 15) is 4.79 Å². The third-order valence-corrected chi connectivity index (χ3v) is 2.96. The van der Waals surface area contributed by atoms with Crippen molar-refractivity contribution < 1.29 is 4.79 Å². The zero-order valence-electron chi connectivity index (χ0n) is 9.71. The minimum Gasteiger partial charge on any atom is -0.324 e. The SMILES string of the molecule is CC(NC1C(=O)Nc2ccccc21)c1nn[nH]n1. The van der Waals surface area contributed by atoms with Crippen molar-refractivity contribution >= 4 is 11.6 Å². The summed E-state index contributed by atoms with van der Waals surface area (Å²) < 4.78 is 0. The van der Waals surface area contributed by atoms with Crippen molar-refractivity contribution in [2.45, 2.75) is 19.0 Å². The maximum absolute atomic E-state index is 11.9. The molecule has 92 valence electrons. The van der Waals surface area contributed by atoms with Gasteiger partial charge in [-0.2, -0.15) is 5.21 Å². The van der Waals surface area contributed by atoms with Crippen LogP contribution in [0.2, 0.25) is 0 Å². The Bertz CT molecular complexity index is 567. The van der Waals surface area contributed by atoms with Gasteiger partial charge in [-0.1, -0.05) is 23.4 Å². The first-order valence-electron chi connectivity index (χ1n) is 5.65. The number of hydrogen-bond acceptors (Lipinski definition) is 5. The Morgan fingerprint density at radius 1 is 1.39 bits per heavy atom. The average Bonchev–Trinajstić information content (AvgIpc) is 2.98. The Hall–Kier alpha value is -2.28. The molecule has 0 bridgehead atoms. The van der Waals surface area contributed by atoms with E-state index in [-0.39, 0.29) is 18.0 Å². The number of hydrogen-bond donors (Lipinski definition) is 3. The maximum atomic E-state index is 11.9. The van der Waals surface area contributed by atoms with E-state index in [2.05, 4.69) is 31.3 Å². The first kappa shape index (κ1) is 10.8. The fourth-order valence-corrected chi connectivity index (χ4v) is 2.05. The number of benzene rings is 1. The molecule has 0 fully saturated rings. The zero-order valence-corrected chi connectivity index (χ0v) is 9.71. The van der Waals surface area contributed by atoms with Gasteiger partial charge in [0, 0.05) is 11.3 Å². The number of amides is 1. The molecule has 1 amide bonds. The van der Waals surface area contributed by atoms with Gasteiger partial charge >= 0.3 is 0 Å². The van der Waals surface area contributed by atoms with Crippen LogP contribution in [0.15, 0.2) is 24.3 Å². The number of para-hydroxylation sites is 1. The molecule has 7 heteroatoms. The summed E-state index contributed by atoms with van der Waals surface area (Å²) in [7, 11) is 0. The summed E-state index contributed by atoms with van der Waals surface area (Å²) in [6.07, 6.45) is 0. The van der Waals surface area contributed by atoms with Crippen LogP contribution in [0, 0.1) is 0 Å². The highest BCUT2D eigenvalue weighted by molar-refractivity contribution is 6.02. The van der Waals surface area contributed by atoms with Gasteiger partial charge in [-0.3, -0.25) is 10.1 Å². The van der Waals surface area contributed by atoms with Crippen molar-refractivity contribution in [2.24, 2.45) is 0 Å². The van der Waals surface area contributed by atoms with E-state index in [0.29, 0.717) is 5.82 Å². The van der Waals surface area contributed by atoms with E-state index in [1.807, 2.05) is 31.2 Å². The van der Waals surface area contributed by atoms with Crippen LogP contribution < -0.4 is 10.6 Å². The number of nitrogens with one attached hydrogen (secondary N) is 3. The third-order valence-electron chi connectivity index (χ3n) is 2.96. The Balaban J connectivity index is 1.83. The molecule has 1 aliphatic rings. The average molecular weight is 244 g/mol. The van der Waals surface area contributed by atoms with E-state index in [0.717, 1.165) is 11.3 Å². The number of carbonyl (C=O) groups excluding carboxylic acids is 1. The number of aromatic amines is 1. The summed E-state index contributed by atoms with van der Waals surface area (Å²) in [6, 6.07) is 7.07. The van der Waals surface area contributed by atoms with Gasteiger partial charge in [0.25, 0.3) is 0 Å². The molecule has 1 aromatic carbocycles. The molecule has 3 N–H and O–H groups in total. The van der Waals surface area contributed by atoms with Gasteiger partial charge in [-0.25, -0.2) is 0 Å². The predicted molar refractivity (Wildman–Crippen MR) is 63.5 cm³/mol. The molecule has 1 aliphatic heterocycles. The van der Waals surface area contributed by atoms with Crippen molar-refractivity contribution in [3.63, 3.8) is 0 Å². The molecule has 2 atom stereocenters. The summed E-state index contributed by atoms with van der Waals surface area (Å²) in [5, 5.41) is 19.7. The topological polar surface area (TPSA) is 95.6 Å². The molecule has 0 saturated carbocycles. The van der Waals surface area contributed by atoms with Crippen LogP contribution in [0.25, 0.3) is 0 Å². The largest absolute Gasteiger partial charge is 0.324 e. The smallest absolute Gasteiger partial charge is 0.246 e. The Labute approximate surface area is 103 Å². The van der Waals surface area contributed by atoms with Crippen molar-refractivity contribution in [3.05, 3.63) is 35.7 Å². The van der Waals surface area contributed by atoms with Crippen LogP contribution in [0.5, 0.6) is 0 Å². The second kappa shape index (κ2) is 4.19. The number of fused-ring (bicyclic) bond motifs is 1. The molecular weight excluding hydrogens is 232 g/mol. The van der Waals surface area contributed by atoms with E-state index >= 15 is 0 Å². The van der Waals surface area contributed by atoms with Gasteiger partial charge in [0.2, 0.25) is 5.91 Å². The van der Waals surface area contributed by atoms with E-state index < -0.39 is 0 Å². The first-order chi connectivity index (χ1) is 8.75. The van der Waals surface area contributed by atoms with Crippen LogP contribution in [-0.4, -0.2) is 26.5 Å². The molecule has 3 rings (SSSR count). The minimum absolute atomic E-state index is 0.0634. The van der Waals surface area contributed by atoms with Crippen molar-refractivity contribution in [1.82, 2.24) is 25.9 Å². The van der Waals surface area contributed by atoms with Crippen LogP contribution in [-0.2, 0) is 4.79 Å². The molecule has 2 unspecified atom stereocenters. The lowest BCUT2D eigenvalue weighted by Crippen LogP contribution is -2.30. The summed E-state index contributed by atoms with van der Waals surface area (Å²) in [5.41, 5.74) is 1.79. The number of nitrogens with zero attached hydrogens (tertiary/aromatic N) is 3. The molecule has 7 nitrogen and oxygen atoms in total. The number of rotatable bonds is 3. The quantitative estimate of drug-likeness (QED) is 0.732. The van der Waals surface area contributed by atoms with Crippen LogP contribution in [0.4, 0.5) is 5.69 Å². The molecule has 1 aromatic heterocycles. The normalized spacial score (nSPS) is 19.4. The van der Waals surface area contributed by atoms with Gasteiger partial charge in [0.05, 0.1) is 6.04 Å². The summed E-state index contributed by atoms with van der Waals surface area (Å²) in [6.45, 7) is 1.89. The number of aromatic nitrogens is 4. The summed E-state index contributed by atoms with van der Waals surface area (Å²) >= 11 is 0. The fraction of sp³-hybridized carbons (Fsp3) is 0.273. The highest BCUT2D eigenvalue weighted by atomic mass is 16.2. The second-order valence-electron chi connectivity index (χ2n) is 4.17. The Morgan fingerprint density at radius 2 is 2.22 bits per heavy atom. The molecule has 0 saturated heterocycles. The highest BCUT2D eigenvalue weighted by Gasteiger charge is 2.31. The lowest BCUT2D eigenvalue weighted by Gasteiger charge is -2.15. The Kier molecular flexibility index (Phi) is 2.52. The van der Waals surface area contributed by atoms with Gasteiger partial charge in [-0.15, -0.1) is 10.2 Å². The standard InChI is InChI=1S/C11H12N6O/c1-6(10-14-16-17-15-10)12-9-7-4-2-3-5-8(7)13-11(9)18/h2-6,9,12H,1H3,(H,13,18)(H,14,15,16,17). The van der Waals surface area contributed by atoms with Crippen LogP contribution in [0.3, 0.4) is 0 Å². The van der Waals surface area contributed by atoms with Gasteiger partial charge < -0.3 is 5.32 Å². The molecule has 2 heterocycles. The number of tetrazole rings is 1. The van der Waals surface area contributed by atoms with Crippen molar-refractivity contribution in [3.8, 4) is 0 Å². The van der Waals surface area contributed by atoms with E-state index in [4.69, 9.17) is 0 Å². The van der Waals surface area contributed by atoms with Crippen LogP contribution >= 0.6 is 0 Å². The van der Waals surface area contributed by atoms with Gasteiger partial charge in [0.1, 0.15) is 6.04 Å². The highest BCUT2D eigenvalue weighted by Crippen LogP contribution is 2.31. The van der Waals surface area contributed by atoms with Crippen molar-refractivity contribution in [1.29, 1.82) is 0 Å². The lowest BCUT2D eigenvalue weighted by atomic mass is 10.1. The number of carbonyl (C=O) groups is 1. The minimum atomic E-state index is -0.380. The number of H-pyrrole nitrogens is 1. The van der Waals surface area contributed by atoms with E-state index in [1.54, 1.807) is 0 Å². The molecule has 0 spiro atoms. The maximum Gasteiger partial charge on any atom is 0.246 e. The summed E-state index contributed by atoms with van der Waals surface area (Å²) in [4.78, 5) is 11.9. The predicted octanol–water partition coefficient (Wildman–Crippen LogP) is 0.544. The van der Waals surface area contributed by atoms with Gasteiger partial charge in [0.15, 0.2) is 5.82 Å². The zero-order chi connectivity index (χ0) is 12.5. The lowest BCUT2D eigenvalue weighted by molar-refractivity contribution is -0.117. The molecule has 0 aliphatic carbocycles. The van der Waals surface area contributed by atoms with Crippen molar-refractivity contribution in [2.75, 3.05) is 5.32 Å². The number of anilines is 1. The molecule has 2 aromatic rings. The van der Waals surface area contributed by atoms with E-state index in [1.165, 1.54) is 0 Å². The summed E-state index contributed by atoms with van der Waals surface area (Å²) in [5.74, 6) is 0.471. The first-order valence-corrected chi connectivity index (χ1v) is 5.65.